The van der Waals surface area contributed by atoms with Crippen LogP contribution in [0.15, 0.2) is 264 Å². The molecule has 0 fully saturated rings. The molecule has 9 aromatic carbocycles. The Balaban J connectivity index is 1.22. The Morgan fingerprint density at radius 1 is 0.323 bits per heavy atom. The van der Waals surface area contributed by atoms with Crippen LogP contribution in [0.4, 0.5) is 11.4 Å². The van der Waals surface area contributed by atoms with Crippen molar-refractivity contribution in [3.8, 4) is 44.5 Å². The van der Waals surface area contributed by atoms with Gasteiger partial charge in [0.2, 0.25) is 0 Å². The van der Waals surface area contributed by atoms with Crippen molar-refractivity contribution < 1.29 is 0 Å². The molecule has 0 radical (unpaired) electrons. The van der Waals surface area contributed by atoms with Crippen LogP contribution in [-0.2, 0) is 0 Å². The minimum absolute atomic E-state index is 0.866. The Morgan fingerprint density at radius 3 is 1.06 bits per heavy atom. The molecule has 296 valence electrons. The summed E-state index contributed by atoms with van der Waals surface area (Å²) < 4.78 is 11.8. The molecule has 0 spiro atoms. The Hall–Kier alpha value is -7.58. The van der Waals surface area contributed by atoms with Crippen LogP contribution in [0.1, 0.15) is 12.5 Å². The minimum atomic E-state index is -2.81. The first-order valence-corrected chi connectivity index (χ1v) is 22.7. The number of rotatable bonds is 9. The van der Waals surface area contributed by atoms with Crippen molar-refractivity contribution in [2.24, 2.45) is 9.51 Å². The van der Waals surface area contributed by atoms with E-state index in [0.29, 0.717) is 0 Å². The first-order chi connectivity index (χ1) is 30.6. The van der Waals surface area contributed by atoms with Crippen molar-refractivity contribution in [1.29, 1.82) is 0 Å². The van der Waals surface area contributed by atoms with Gasteiger partial charge in [-0.15, -0.1) is 0 Å². The van der Waals surface area contributed by atoms with Gasteiger partial charge in [-0.25, -0.2) is 9.51 Å². The average Bonchev–Trinajstić information content (AvgIpc) is 3.36. The fourth-order valence-corrected chi connectivity index (χ4v) is 11.4. The number of hydrogen-bond acceptors (Lipinski definition) is 3. The van der Waals surface area contributed by atoms with Gasteiger partial charge in [0, 0.05) is 33.1 Å². The van der Waals surface area contributed by atoms with Crippen molar-refractivity contribution in [3.63, 3.8) is 0 Å². The number of benzene rings is 9. The summed E-state index contributed by atoms with van der Waals surface area (Å²) in [6.45, 7) is 2.18. The Labute approximate surface area is 364 Å². The molecule has 0 saturated heterocycles. The van der Waals surface area contributed by atoms with Crippen molar-refractivity contribution in [3.05, 3.63) is 260 Å². The maximum absolute atomic E-state index is 6.01. The van der Waals surface area contributed by atoms with Crippen LogP contribution < -0.4 is 15.5 Å². The molecule has 0 aromatic heterocycles. The van der Waals surface area contributed by atoms with E-state index < -0.39 is 7.21 Å². The van der Waals surface area contributed by atoms with Crippen molar-refractivity contribution in [2.75, 3.05) is 4.90 Å². The molecule has 0 N–H and O–H groups in total. The quantitative estimate of drug-likeness (QED) is 0.133. The van der Waals surface area contributed by atoms with Crippen LogP contribution in [0.3, 0.4) is 0 Å². The SMILES string of the molecule is CC1=C(c2ccccc2)N=P(c2ccccc2)(c2ccccc2)N=C1N(c1cccc(-c2cccc(-c3ccccc3)c2)c1)c1cccc(-c2cccc(-c3ccccc3)c2)c1. The van der Waals surface area contributed by atoms with Gasteiger partial charge in [0.25, 0.3) is 0 Å². The molecular weight excluding hydrogens is 770 g/mol. The van der Waals surface area contributed by atoms with Gasteiger partial charge in [0.15, 0.2) is 0 Å². The smallest absolute Gasteiger partial charge is 0.144 e. The third kappa shape index (κ3) is 7.67. The topological polar surface area (TPSA) is 28.0 Å². The highest BCUT2D eigenvalue weighted by molar-refractivity contribution is 7.80. The molecule has 3 nitrogen and oxygen atoms in total. The minimum Gasteiger partial charge on any atom is -0.295 e. The first-order valence-electron chi connectivity index (χ1n) is 21.1. The number of nitrogens with zero attached hydrogens (tertiary/aromatic N) is 3. The van der Waals surface area contributed by atoms with Gasteiger partial charge in [0.1, 0.15) is 13.0 Å². The van der Waals surface area contributed by atoms with E-state index in [4.69, 9.17) is 9.51 Å². The molecule has 1 aliphatic heterocycles. The van der Waals surface area contributed by atoms with Crippen LogP contribution in [0, 0.1) is 0 Å². The van der Waals surface area contributed by atoms with Gasteiger partial charge in [-0.2, -0.15) is 0 Å². The van der Waals surface area contributed by atoms with E-state index in [0.717, 1.165) is 66.9 Å². The van der Waals surface area contributed by atoms with Gasteiger partial charge in [-0.05, 0) is 87.8 Å². The Bertz CT molecular complexity index is 2950. The lowest BCUT2D eigenvalue weighted by molar-refractivity contribution is 1.29. The predicted octanol–water partition coefficient (Wildman–Crippen LogP) is 15.1. The van der Waals surface area contributed by atoms with Gasteiger partial charge >= 0.3 is 0 Å². The zero-order valence-corrected chi connectivity index (χ0v) is 35.4. The fraction of sp³-hybridized carbons (Fsp3) is 0.0172. The summed E-state index contributed by atoms with van der Waals surface area (Å²) in [5, 5.41) is 2.20. The second-order valence-corrected chi connectivity index (χ2v) is 18.1. The normalized spacial score (nSPS) is 13.2. The lowest BCUT2D eigenvalue weighted by atomic mass is 9.97. The lowest BCUT2D eigenvalue weighted by Crippen LogP contribution is -2.31. The molecule has 0 amide bonds. The van der Waals surface area contributed by atoms with Crippen LogP contribution in [-0.4, -0.2) is 5.84 Å². The van der Waals surface area contributed by atoms with Gasteiger partial charge in [-0.3, -0.25) is 4.90 Å². The van der Waals surface area contributed by atoms with Crippen molar-refractivity contribution >= 4 is 40.7 Å². The predicted molar refractivity (Wildman–Crippen MR) is 265 cm³/mol. The largest absolute Gasteiger partial charge is 0.295 e. The van der Waals surface area contributed by atoms with E-state index in [1.165, 1.54) is 22.3 Å². The second-order valence-electron chi connectivity index (χ2n) is 15.5. The van der Waals surface area contributed by atoms with Crippen LogP contribution >= 0.6 is 7.21 Å². The fourth-order valence-electron chi connectivity index (χ4n) is 8.36. The average molecular weight is 814 g/mol. The Morgan fingerprint density at radius 2 is 0.645 bits per heavy atom. The second kappa shape index (κ2) is 17.2. The third-order valence-corrected chi connectivity index (χ3v) is 14.5. The van der Waals surface area contributed by atoms with Crippen LogP contribution in [0.5, 0.6) is 0 Å². The highest BCUT2D eigenvalue weighted by Gasteiger charge is 2.34. The molecule has 0 atom stereocenters. The number of amidine groups is 1. The summed E-state index contributed by atoms with van der Waals surface area (Å²) in [5.41, 5.74) is 14.3. The van der Waals surface area contributed by atoms with E-state index in [1.54, 1.807) is 0 Å². The molecule has 62 heavy (non-hydrogen) atoms. The zero-order chi connectivity index (χ0) is 41.7. The number of anilines is 2. The highest BCUT2D eigenvalue weighted by Crippen LogP contribution is 2.55. The third-order valence-electron chi connectivity index (χ3n) is 11.5. The van der Waals surface area contributed by atoms with Crippen molar-refractivity contribution in [2.45, 2.75) is 6.92 Å². The van der Waals surface area contributed by atoms with E-state index >= 15 is 0 Å². The molecule has 1 aliphatic rings. The maximum atomic E-state index is 6.01. The van der Waals surface area contributed by atoms with E-state index in [2.05, 4.69) is 261 Å². The van der Waals surface area contributed by atoms with E-state index in [9.17, 15) is 0 Å². The molecular formula is C58H44N3P. The lowest BCUT2D eigenvalue weighted by Gasteiger charge is -2.34. The molecule has 0 bridgehead atoms. The standard InChI is InChI=1S/C58H44N3P/c1-43-57(46-25-11-4-12-26-46)59-62(55-35-13-5-14-36-55,56-37-15-6-16-38-56)60-58(43)61(53-33-19-31-51(41-53)49-29-17-27-47(39-49)44-21-7-2-8-22-44)54-34-20-32-52(42-54)50-30-18-28-48(40-50)45-23-9-3-10-24-45/h2-42H,1H3. The van der Waals surface area contributed by atoms with E-state index in [1.807, 2.05) is 0 Å². The van der Waals surface area contributed by atoms with Crippen molar-refractivity contribution in [1.82, 2.24) is 0 Å². The molecule has 4 heteroatoms. The van der Waals surface area contributed by atoms with Crippen LogP contribution in [0.25, 0.3) is 50.2 Å². The van der Waals surface area contributed by atoms with Gasteiger partial charge in [0.05, 0.1) is 5.70 Å². The monoisotopic (exact) mass is 813 g/mol. The summed E-state index contributed by atoms with van der Waals surface area (Å²) in [6, 6.07) is 88.6. The van der Waals surface area contributed by atoms with Crippen LogP contribution in [0.2, 0.25) is 0 Å². The summed E-state index contributed by atoms with van der Waals surface area (Å²) in [4.78, 5) is 2.36. The maximum Gasteiger partial charge on any atom is 0.144 e. The Kier molecular flexibility index (Phi) is 10.7. The van der Waals surface area contributed by atoms with Gasteiger partial charge < -0.3 is 0 Å². The summed E-state index contributed by atoms with van der Waals surface area (Å²) in [5.74, 6) is 0.866. The summed E-state index contributed by atoms with van der Waals surface area (Å²) in [7, 11) is -2.81. The summed E-state index contributed by atoms with van der Waals surface area (Å²) in [6.07, 6.45) is 0. The molecule has 1 heterocycles. The molecule has 0 aliphatic carbocycles. The highest BCUT2D eigenvalue weighted by atomic mass is 31.2. The molecule has 0 unspecified atom stereocenters. The number of hydrogen-bond donors (Lipinski definition) is 0. The summed E-state index contributed by atoms with van der Waals surface area (Å²) >= 11 is 0. The molecule has 10 rings (SSSR count). The molecule has 0 saturated carbocycles. The zero-order valence-electron chi connectivity index (χ0n) is 34.5. The van der Waals surface area contributed by atoms with E-state index in [-0.39, 0.29) is 0 Å². The van der Waals surface area contributed by atoms with Gasteiger partial charge in [-0.1, -0.05) is 212 Å². The molecule has 9 aromatic rings. The first kappa shape index (κ1) is 38.6.